The van der Waals surface area contributed by atoms with E-state index >= 15 is 0 Å². The van der Waals surface area contributed by atoms with Crippen molar-refractivity contribution in [1.29, 1.82) is 5.26 Å². The molecule has 27 heavy (non-hydrogen) atoms. The molecule has 6 nitrogen and oxygen atoms in total. The van der Waals surface area contributed by atoms with Gasteiger partial charge in [0.25, 0.3) is 5.56 Å². The smallest absolute Gasteiger partial charge is 0.289 e. The van der Waals surface area contributed by atoms with Crippen LogP contribution in [0.2, 0.25) is 0 Å². The van der Waals surface area contributed by atoms with Gasteiger partial charge in [-0.15, -0.1) is 0 Å². The zero-order valence-corrected chi connectivity index (χ0v) is 15.9. The van der Waals surface area contributed by atoms with E-state index in [1.54, 1.807) is 45.4 Å². The van der Waals surface area contributed by atoms with E-state index in [1.165, 1.54) is 16.4 Å². The van der Waals surface area contributed by atoms with Crippen LogP contribution in [0.1, 0.15) is 11.1 Å². The minimum atomic E-state index is -0.449. The van der Waals surface area contributed by atoms with Crippen LogP contribution in [0.25, 0.3) is 5.69 Å². The average molecular weight is 379 g/mol. The lowest BCUT2D eigenvalue weighted by molar-refractivity contribution is 0.413. The minimum absolute atomic E-state index is 0.0752. The fraction of sp³-hybridized carbons (Fsp3) is 0.150. The summed E-state index contributed by atoms with van der Waals surface area (Å²) in [6.07, 6.45) is 0. The molecule has 0 atom stereocenters. The van der Waals surface area contributed by atoms with E-state index in [0.717, 1.165) is 10.6 Å². The maximum atomic E-state index is 12.7. The van der Waals surface area contributed by atoms with Crippen LogP contribution in [0.15, 0.2) is 63.2 Å². The Morgan fingerprint density at radius 1 is 1.07 bits per heavy atom. The summed E-state index contributed by atoms with van der Waals surface area (Å²) in [5, 5.41) is 14.6. The van der Waals surface area contributed by atoms with E-state index < -0.39 is 5.56 Å². The van der Waals surface area contributed by atoms with Gasteiger partial charge in [0, 0.05) is 10.5 Å². The van der Waals surface area contributed by atoms with E-state index in [2.05, 4.69) is 5.10 Å². The van der Waals surface area contributed by atoms with E-state index in [4.69, 9.17) is 9.47 Å². The highest BCUT2D eigenvalue weighted by molar-refractivity contribution is 7.99. The van der Waals surface area contributed by atoms with E-state index in [9.17, 15) is 10.1 Å². The summed E-state index contributed by atoms with van der Waals surface area (Å²) < 4.78 is 11.6. The number of benzene rings is 2. The molecule has 0 saturated heterocycles. The Kier molecular flexibility index (Phi) is 5.48. The molecule has 0 N–H and O–H groups in total. The number of ether oxygens (including phenoxy) is 2. The molecule has 0 aliphatic heterocycles. The molecule has 1 heterocycles. The third-order valence-corrected chi connectivity index (χ3v) is 5.05. The average Bonchev–Trinajstić information content (AvgIpc) is 2.71. The van der Waals surface area contributed by atoms with Crippen molar-refractivity contribution >= 4 is 11.8 Å². The number of methoxy groups -OCH3 is 2. The molecule has 7 heteroatoms. The lowest BCUT2D eigenvalue weighted by Gasteiger charge is -2.12. The normalized spacial score (nSPS) is 10.3. The highest BCUT2D eigenvalue weighted by Crippen LogP contribution is 2.31. The molecule has 0 saturated carbocycles. The molecular formula is C20H17N3O3S. The van der Waals surface area contributed by atoms with Crippen LogP contribution in [0.3, 0.4) is 0 Å². The Bertz CT molecular complexity index is 1070. The van der Waals surface area contributed by atoms with Crippen LogP contribution in [0.5, 0.6) is 11.5 Å². The first-order valence-electron chi connectivity index (χ1n) is 8.07. The second-order valence-corrected chi connectivity index (χ2v) is 6.68. The number of nitrogens with zero attached hydrogens (tertiary/aromatic N) is 3. The van der Waals surface area contributed by atoms with Crippen molar-refractivity contribution in [3.8, 4) is 23.3 Å². The third kappa shape index (κ3) is 3.81. The van der Waals surface area contributed by atoms with Gasteiger partial charge in [-0.1, -0.05) is 17.8 Å². The number of rotatable bonds is 5. The van der Waals surface area contributed by atoms with Gasteiger partial charge in [0.1, 0.15) is 28.2 Å². The molecule has 3 aromatic rings. The van der Waals surface area contributed by atoms with Crippen LogP contribution >= 0.6 is 11.8 Å². The van der Waals surface area contributed by atoms with Gasteiger partial charge in [0.15, 0.2) is 0 Å². The van der Waals surface area contributed by atoms with Crippen molar-refractivity contribution < 1.29 is 9.47 Å². The Labute approximate surface area is 161 Å². The Morgan fingerprint density at radius 3 is 2.41 bits per heavy atom. The van der Waals surface area contributed by atoms with Gasteiger partial charge in [0.2, 0.25) is 0 Å². The van der Waals surface area contributed by atoms with E-state index in [1.807, 2.05) is 30.3 Å². The van der Waals surface area contributed by atoms with Crippen LogP contribution in [0, 0.1) is 18.3 Å². The zero-order chi connectivity index (χ0) is 19.4. The molecule has 0 amide bonds. The predicted octanol–water partition coefficient (Wildman–Crippen LogP) is 3.58. The standard InChI is InChI=1S/C20H17N3O3S/c1-13-18(12-21)20(24)23(14-7-9-15(25-2)10-8-14)22-19(13)27-17-6-4-5-16(11-17)26-3/h4-11H,1-3H3. The quantitative estimate of drug-likeness (QED) is 0.674. The van der Waals surface area contributed by atoms with Crippen LogP contribution in [-0.4, -0.2) is 24.0 Å². The summed E-state index contributed by atoms with van der Waals surface area (Å²) in [6, 6.07) is 16.5. The molecule has 1 aromatic heterocycles. The monoisotopic (exact) mass is 379 g/mol. The maximum Gasteiger partial charge on any atom is 0.289 e. The number of nitriles is 1. The Morgan fingerprint density at radius 2 is 1.78 bits per heavy atom. The molecule has 0 aliphatic carbocycles. The van der Waals surface area contributed by atoms with Crippen molar-refractivity contribution in [2.24, 2.45) is 0 Å². The van der Waals surface area contributed by atoms with Crippen molar-refractivity contribution in [3.63, 3.8) is 0 Å². The van der Waals surface area contributed by atoms with E-state index in [0.29, 0.717) is 22.0 Å². The zero-order valence-electron chi connectivity index (χ0n) is 15.1. The summed E-state index contributed by atoms with van der Waals surface area (Å²) in [5.74, 6) is 1.40. The van der Waals surface area contributed by atoms with Crippen molar-refractivity contribution in [2.45, 2.75) is 16.8 Å². The first-order valence-corrected chi connectivity index (χ1v) is 8.89. The number of aromatic nitrogens is 2. The summed E-state index contributed by atoms with van der Waals surface area (Å²) in [7, 11) is 3.17. The first kappa shape index (κ1) is 18.5. The van der Waals surface area contributed by atoms with Crippen LogP contribution < -0.4 is 15.0 Å². The first-order chi connectivity index (χ1) is 13.1. The second-order valence-electron chi connectivity index (χ2n) is 5.61. The van der Waals surface area contributed by atoms with Gasteiger partial charge in [-0.05, 0) is 49.4 Å². The molecule has 136 valence electrons. The van der Waals surface area contributed by atoms with Gasteiger partial charge in [-0.3, -0.25) is 4.79 Å². The molecule has 0 aliphatic rings. The van der Waals surface area contributed by atoms with Crippen LogP contribution in [-0.2, 0) is 0 Å². The second kappa shape index (κ2) is 7.98. The fourth-order valence-corrected chi connectivity index (χ4v) is 3.41. The summed E-state index contributed by atoms with van der Waals surface area (Å²) >= 11 is 1.37. The summed E-state index contributed by atoms with van der Waals surface area (Å²) in [5.41, 5.74) is 0.742. The Balaban J connectivity index is 2.11. The van der Waals surface area contributed by atoms with Crippen molar-refractivity contribution in [1.82, 2.24) is 9.78 Å². The molecule has 0 bridgehead atoms. The molecule has 0 unspecified atom stereocenters. The van der Waals surface area contributed by atoms with Crippen molar-refractivity contribution in [2.75, 3.05) is 14.2 Å². The molecule has 0 fully saturated rings. The SMILES string of the molecule is COc1ccc(-n2nc(Sc3cccc(OC)c3)c(C)c(C#N)c2=O)cc1. The lowest BCUT2D eigenvalue weighted by atomic mass is 10.2. The van der Waals surface area contributed by atoms with Gasteiger partial charge in [-0.25, -0.2) is 0 Å². The van der Waals surface area contributed by atoms with Gasteiger partial charge in [0.05, 0.1) is 19.9 Å². The summed E-state index contributed by atoms with van der Waals surface area (Å²) in [6.45, 7) is 1.73. The molecular weight excluding hydrogens is 362 g/mol. The molecule has 0 radical (unpaired) electrons. The predicted molar refractivity (Wildman–Crippen MR) is 103 cm³/mol. The topological polar surface area (TPSA) is 77.1 Å². The van der Waals surface area contributed by atoms with Gasteiger partial charge < -0.3 is 9.47 Å². The van der Waals surface area contributed by atoms with Crippen LogP contribution in [0.4, 0.5) is 0 Å². The minimum Gasteiger partial charge on any atom is -0.497 e. The third-order valence-electron chi connectivity index (χ3n) is 3.98. The fourth-order valence-electron chi connectivity index (χ4n) is 2.49. The van der Waals surface area contributed by atoms with Gasteiger partial charge >= 0.3 is 0 Å². The van der Waals surface area contributed by atoms with Gasteiger partial charge in [-0.2, -0.15) is 15.0 Å². The highest BCUT2D eigenvalue weighted by Gasteiger charge is 2.16. The maximum absolute atomic E-state index is 12.7. The lowest BCUT2D eigenvalue weighted by Crippen LogP contribution is -2.25. The molecule has 0 spiro atoms. The Hall–Kier alpha value is -3.24. The number of hydrogen-bond acceptors (Lipinski definition) is 6. The number of hydrogen-bond donors (Lipinski definition) is 0. The summed E-state index contributed by atoms with van der Waals surface area (Å²) in [4.78, 5) is 13.6. The molecule has 2 aromatic carbocycles. The molecule has 3 rings (SSSR count). The van der Waals surface area contributed by atoms with Crippen molar-refractivity contribution in [3.05, 3.63) is 70.0 Å². The largest absolute Gasteiger partial charge is 0.497 e. The highest BCUT2D eigenvalue weighted by atomic mass is 32.2. The van der Waals surface area contributed by atoms with E-state index in [-0.39, 0.29) is 5.56 Å².